The van der Waals surface area contributed by atoms with Gasteiger partial charge in [-0.2, -0.15) is 0 Å². The molecule has 0 saturated carbocycles. The molecule has 0 heterocycles. The van der Waals surface area contributed by atoms with E-state index in [-0.39, 0.29) is 0 Å². The van der Waals surface area contributed by atoms with Crippen molar-refractivity contribution in [2.75, 3.05) is 0 Å². The van der Waals surface area contributed by atoms with Gasteiger partial charge in [-0.25, -0.2) is 8.88 Å². The fourth-order valence-corrected chi connectivity index (χ4v) is 19.8. The van der Waals surface area contributed by atoms with Crippen molar-refractivity contribution < 1.29 is 0 Å². The predicted molar refractivity (Wildman–Crippen MR) is 274 cm³/mol. The Kier molecular flexibility index (Phi) is 14.3. The van der Waals surface area contributed by atoms with Gasteiger partial charge in [0.15, 0.2) is 0 Å². The number of rotatable bonds is 16. The normalized spacial score (nSPS) is 11.6. The van der Waals surface area contributed by atoms with Gasteiger partial charge in [-0.15, -0.1) is 0 Å². The first-order chi connectivity index (χ1) is 30.8. The molecule has 2 nitrogen and oxygen atoms in total. The Morgan fingerprint density at radius 2 is 0.339 bits per heavy atom. The van der Waals surface area contributed by atoms with Crippen LogP contribution in [0.4, 0.5) is 0 Å². The Labute approximate surface area is 372 Å². The largest absolute Gasteiger partial charge is 0.240 e. The molecule has 0 aromatic heterocycles. The lowest BCUT2D eigenvalue weighted by Crippen LogP contribution is -2.32. The first kappa shape index (κ1) is 41.9. The van der Waals surface area contributed by atoms with Gasteiger partial charge in [0.1, 0.15) is 0 Å². The highest BCUT2D eigenvalue weighted by Gasteiger charge is 2.33. The van der Waals surface area contributed by atoms with Crippen LogP contribution in [0.25, 0.3) is 0 Å². The van der Waals surface area contributed by atoms with Crippen LogP contribution in [0.1, 0.15) is 11.1 Å². The second-order valence-electron chi connectivity index (χ2n) is 14.8. The van der Waals surface area contributed by atoms with Crippen LogP contribution in [-0.4, -0.2) is 8.88 Å². The van der Waals surface area contributed by atoms with E-state index in [1.165, 1.54) is 53.6 Å². The first-order valence-electron chi connectivity index (χ1n) is 21.0. The summed E-state index contributed by atoms with van der Waals surface area (Å²) in [6, 6.07) is 98.9. The molecule has 0 N–H and O–H groups in total. The first-order valence-corrected chi connectivity index (χ1v) is 26.2. The maximum absolute atomic E-state index is 2.83. The van der Waals surface area contributed by atoms with Gasteiger partial charge in [0.05, 0.1) is 0 Å². The molecule has 0 spiro atoms. The molecule has 0 saturated heterocycles. The second kappa shape index (κ2) is 21.1. The summed E-state index contributed by atoms with van der Waals surface area (Å²) in [5.74, 6) is 0. The third-order valence-electron chi connectivity index (χ3n) is 10.6. The van der Waals surface area contributed by atoms with Gasteiger partial charge < -0.3 is 0 Å². The standard InChI is InChI=1S/C56H48N2P4/c1-9-25-49(26-10-1)59(50-27-11-2-12-28-50)57(60(51-29-13-3-14-30-51)52-31-15-4-16-32-52)45-47-41-43-48(44-42-47)46-58(61(53-33-17-5-18-34-53)54-35-19-6-20-36-54)62(55-37-21-7-22-38-55)56-39-23-8-24-40-56/h1-44H,45-46H2. The highest BCUT2D eigenvalue weighted by atomic mass is 31.2. The van der Waals surface area contributed by atoms with Crippen molar-refractivity contribution in [1.29, 1.82) is 0 Å². The molecular weight excluding hydrogens is 825 g/mol. The number of hydrogen-bond donors (Lipinski definition) is 0. The second-order valence-corrected chi connectivity index (χ2v) is 24.0. The summed E-state index contributed by atoms with van der Waals surface area (Å²) in [5, 5.41) is 10.8. The lowest BCUT2D eigenvalue weighted by Gasteiger charge is -2.39. The van der Waals surface area contributed by atoms with Crippen LogP contribution in [0, 0.1) is 0 Å². The van der Waals surface area contributed by atoms with E-state index in [1.807, 2.05) is 0 Å². The van der Waals surface area contributed by atoms with Crippen molar-refractivity contribution in [1.82, 2.24) is 8.88 Å². The summed E-state index contributed by atoms with van der Waals surface area (Å²) >= 11 is 0. The summed E-state index contributed by atoms with van der Waals surface area (Å²) < 4.78 is 5.66. The van der Waals surface area contributed by atoms with Crippen molar-refractivity contribution >= 4 is 74.7 Å². The zero-order valence-corrected chi connectivity index (χ0v) is 38.1. The highest BCUT2D eigenvalue weighted by molar-refractivity contribution is 7.85. The monoisotopic (exact) mass is 872 g/mol. The molecule has 0 aliphatic carbocycles. The Morgan fingerprint density at radius 1 is 0.194 bits per heavy atom. The topological polar surface area (TPSA) is 6.48 Å². The van der Waals surface area contributed by atoms with Gasteiger partial charge in [0, 0.05) is 45.4 Å². The molecule has 6 heteroatoms. The number of hydrogen-bond acceptors (Lipinski definition) is 2. The van der Waals surface area contributed by atoms with E-state index in [0.29, 0.717) is 0 Å². The molecule has 9 rings (SSSR count). The fourth-order valence-electron chi connectivity index (χ4n) is 7.75. The molecule has 0 unspecified atom stereocenters. The maximum atomic E-state index is 2.83. The zero-order chi connectivity index (χ0) is 41.8. The molecule has 9 aromatic carbocycles. The van der Waals surface area contributed by atoms with E-state index in [0.717, 1.165) is 13.1 Å². The zero-order valence-electron chi connectivity index (χ0n) is 34.5. The summed E-state index contributed by atoms with van der Waals surface area (Å²) in [6.45, 7) is 1.60. The van der Waals surface area contributed by atoms with E-state index in [9.17, 15) is 0 Å². The minimum Gasteiger partial charge on any atom is -0.240 e. The molecule has 0 aliphatic rings. The molecule has 0 amide bonds. The Balaban J connectivity index is 1.15. The van der Waals surface area contributed by atoms with Gasteiger partial charge in [0.25, 0.3) is 0 Å². The van der Waals surface area contributed by atoms with Crippen LogP contribution >= 0.6 is 32.3 Å². The predicted octanol–water partition coefficient (Wildman–Crippen LogP) is 11.5. The molecule has 0 atom stereocenters. The molecule has 0 fully saturated rings. The molecule has 302 valence electrons. The van der Waals surface area contributed by atoms with Crippen LogP contribution in [-0.2, 0) is 13.1 Å². The molecule has 0 radical (unpaired) electrons. The van der Waals surface area contributed by atoms with Crippen molar-refractivity contribution in [2.45, 2.75) is 13.1 Å². The van der Waals surface area contributed by atoms with Crippen LogP contribution < -0.4 is 42.4 Å². The average molecular weight is 873 g/mol. The highest BCUT2D eigenvalue weighted by Crippen LogP contribution is 2.57. The van der Waals surface area contributed by atoms with Gasteiger partial charge in [-0.05, 0) is 53.6 Å². The van der Waals surface area contributed by atoms with Crippen molar-refractivity contribution in [3.05, 3.63) is 278 Å². The van der Waals surface area contributed by atoms with Gasteiger partial charge >= 0.3 is 0 Å². The lowest BCUT2D eigenvalue weighted by atomic mass is 10.1. The van der Waals surface area contributed by atoms with Crippen molar-refractivity contribution in [2.24, 2.45) is 0 Å². The lowest BCUT2D eigenvalue weighted by molar-refractivity contribution is 0.706. The Bertz CT molecular complexity index is 2160. The molecule has 9 aromatic rings. The van der Waals surface area contributed by atoms with E-state index in [4.69, 9.17) is 0 Å². The number of nitrogens with zero attached hydrogens (tertiary/aromatic N) is 2. The fraction of sp³-hybridized carbons (Fsp3) is 0.0357. The van der Waals surface area contributed by atoms with Crippen molar-refractivity contribution in [3.63, 3.8) is 0 Å². The molecule has 62 heavy (non-hydrogen) atoms. The summed E-state index contributed by atoms with van der Waals surface area (Å²) in [5.41, 5.74) is 2.61. The third-order valence-corrected chi connectivity index (χ3v) is 21.5. The van der Waals surface area contributed by atoms with Gasteiger partial charge in [0.2, 0.25) is 0 Å². The van der Waals surface area contributed by atoms with E-state index in [1.54, 1.807) is 0 Å². The van der Waals surface area contributed by atoms with Crippen LogP contribution in [0.15, 0.2) is 267 Å². The van der Waals surface area contributed by atoms with E-state index in [2.05, 4.69) is 276 Å². The maximum Gasteiger partial charge on any atom is 0.0326 e. The van der Waals surface area contributed by atoms with E-state index >= 15 is 0 Å². The van der Waals surface area contributed by atoms with Gasteiger partial charge in [-0.3, -0.25) is 0 Å². The minimum absolute atomic E-state index is 0.802. The van der Waals surface area contributed by atoms with Crippen LogP contribution in [0.2, 0.25) is 0 Å². The summed E-state index contributed by atoms with van der Waals surface area (Å²) in [6.07, 6.45) is 0. The van der Waals surface area contributed by atoms with Crippen molar-refractivity contribution in [3.8, 4) is 0 Å². The minimum atomic E-state index is -0.907. The third kappa shape index (κ3) is 10.1. The smallest absolute Gasteiger partial charge is 0.0326 e. The van der Waals surface area contributed by atoms with Crippen LogP contribution in [0.5, 0.6) is 0 Å². The quantitative estimate of drug-likeness (QED) is 0.0893. The summed E-state index contributed by atoms with van der Waals surface area (Å²) in [4.78, 5) is 0. The summed E-state index contributed by atoms with van der Waals surface area (Å²) in [7, 11) is -3.63. The van der Waals surface area contributed by atoms with Gasteiger partial charge in [-0.1, -0.05) is 267 Å². The van der Waals surface area contributed by atoms with E-state index < -0.39 is 32.3 Å². The SMILES string of the molecule is c1ccc(P(c2ccccc2)N(Cc2ccc(CN(P(c3ccccc3)c3ccccc3)P(c3ccccc3)c3ccccc3)cc2)P(c2ccccc2)c2ccccc2)cc1. The Morgan fingerprint density at radius 3 is 0.484 bits per heavy atom. The molecule has 0 bridgehead atoms. The molecule has 0 aliphatic heterocycles. The average Bonchev–Trinajstić information content (AvgIpc) is 3.35. The Hall–Kier alpha value is -5.38. The number of benzene rings is 9. The molecular formula is C56H48N2P4. The van der Waals surface area contributed by atoms with Crippen LogP contribution in [0.3, 0.4) is 0 Å².